The molecule has 0 aliphatic rings. The van der Waals surface area contributed by atoms with Crippen molar-refractivity contribution in [1.29, 1.82) is 0 Å². The van der Waals surface area contributed by atoms with E-state index >= 15 is 0 Å². The summed E-state index contributed by atoms with van der Waals surface area (Å²) >= 11 is 0. The van der Waals surface area contributed by atoms with Gasteiger partial charge in [-0.2, -0.15) is 0 Å². The fourth-order valence-corrected chi connectivity index (χ4v) is 2.29. The molecule has 0 aliphatic carbocycles. The van der Waals surface area contributed by atoms with Crippen LogP contribution in [0.15, 0.2) is 17.7 Å². The van der Waals surface area contributed by atoms with Crippen molar-refractivity contribution in [2.75, 3.05) is 20.8 Å². The minimum Gasteiger partial charge on any atom is -0.502 e. The van der Waals surface area contributed by atoms with Gasteiger partial charge in [-0.25, -0.2) is 4.79 Å². The van der Waals surface area contributed by atoms with Gasteiger partial charge in [0.2, 0.25) is 5.75 Å². The van der Waals surface area contributed by atoms with Crippen molar-refractivity contribution >= 4 is 12.0 Å². The Labute approximate surface area is 144 Å². The summed E-state index contributed by atoms with van der Waals surface area (Å²) < 4.78 is 15.5. The SMILES string of the molecule is CCCCCCCOC(=O)/C(C)=C/c1cc(OC)c(O)c(OC)c1. The topological polar surface area (TPSA) is 65.0 Å². The van der Waals surface area contributed by atoms with Crippen LogP contribution in [-0.4, -0.2) is 31.9 Å². The molecule has 24 heavy (non-hydrogen) atoms. The number of phenols is 1. The van der Waals surface area contributed by atoms with Gasteiger partial charge in [-0.3, -0.25) is 0 Å². The maximum Gasteiger partial charge on any atom is 0.333 e. The van der Waals surface area contributed by atoms with Gasteiger partial charge in [-0.15, -0.1) is 0 Å². The van der Waals surface area contributed by atoms with Gasteiger partial charge in [0, 0.05) is 5.57 Å². The Bertz CT molecular complexity index is 538. The third-order valence-corrected chi connectivity index (χ3v) is 3.69. The summed E-state index contributed by atoms with van der Waals surface area (Å²) in [5.74, 6) is 0.177. The lowest BCUT2D eigenvalue weighted by atomic mass is 10.1. The molecule has 0 spiro atoms. The van der Waals surface area contributed by atoms with Crippen LogP contribution in [0.1, 0.15) is 51.5 Å². The highest BCUT2D eigenvalue weighted by atomic mass is 16.5. The first kappa shape index (κ1) is 19.9. The predicted octanol–water partition coefficient (Wildman–Crippen LogP) is 4.33. The number of carbonyl (C=O) groups is 1. The van der Waals surface area contributed by atoms with Crippen LogP contribution < -0.4 is 9.47 Å². The molecule has 1 N–H and O–H groups in total. The highest BCUT2D eigenvalue weighted by Gasteiger charge is 2.12. The van der Waals surface area contributed by atoms with E-state index in [4.69, 9.17) is 14.2 Å². The van der Waals surface area contributed by atoms with E-state index in [1.807, 2.05) is 0 Å². The monoisotopic (exact) mass is 336 g/mol. The molecule has 0 fully saturated rings. The van der Waals surface area contributed by atoms with Crippen LogP contribution in [0, 0.1) is 0 Å². The van der Waals surface area contributed by atoms with E-state index in [-0.39, 0.29) is 23.2 Å². The van der Waals surface area contributed by atoms with Gasteiger partial charge in [0.25, 0.3) is 0 Å². The summed E-state index contributed by atoms with van der Waals surface area (Å²) in [6, 6.07) is 3.28. The fourth-order valence-electron chi connectivity index (χ4n) is 2.29. The molecule has 0 atom stereocenters. The molecule has 0 heterocycles. The summed E-state index contributed by atoms with van der Waals surface area (Å²) in [4.78, 5) is 12.0. The van der Waals surface area contributed by atoms with E-state index in [2.05, 4.69) is 6.92 Å². The van der Waals surface area contributed by atoms with Crippen LogP contribution in [0.3, 0.4) is 0 Å². The molecule has 0 saturated carbocycles. The summed E-state index contributed by atoms with van der Waals surface area (Å²) in [6.07, 6.45) is 7.24. The normalized spacial score (nSPS) is 11.2. The Morgan fingerprint density at radius 1 is 1.08 bits per heavy atom. The van der Waals surface area contributed by atoms with Crippen molar-refractivity contribution in [1.82, 2.24) is 0 Å². The predicted molar refractivity (Wildman–Crippen MR) is 94.6 cm³/mol. The Hall–Kier alpha value is -2.17. The average molecular weight is 336 g/mol. The smallest absolute Gasteiger partial charge is 0.333 e. The third kappa shape index (κ3) is 6.14. The van der Waals surface area contributed by atoms with Crippen molar-refractivity contribution < 1.29 is 24.1 Å². The number of hydrogen-bond donors (Lipinski definition) is 1. The molecule has 0 radical (unpaired) electrons. The maximum absolute atomic E-state index is 12.0. The van der Waals surface area contributed by atoms with E-state index in [0.29, 0.717) is 17.7 Å². The number of carbonyl (C=O) groups excluding carboxylic acids is 1. The first-order valence-corrected chi connectivity index (χ1v) is 8.33. The summed E-state index contributed by atoms with van der Waals surface area (Å²) in [7, 11) is 2.92. The van der Waals surface area contributed by atoms with Crippen molar-refractivity contribution in [3.05, 3.63) is 23.3 Å². The Balaban J connectivity index is 2.66. The summed E-state index contributed by atoms with van der Waals surface area (Å²) in [5.41, 5.74) is 1.18. The molecule has 0 aromatic heterocycles. The molecule has 0 amide bonds. The van der Waals surface area contributed by atoms with E-state index in [1.165, 1.54) is 33.5 Å². The van der Waals surface area contributed by atoms with E-state index in [1.54, 1.807) is 25.1 Å². The van der Waals surface area contributed by atoms with Gasteiger partial charge < -0.3 is 19.3 Å². The molecule has 1 aromatic rings. The zero-order valence-corrected chi connectivity index (χ0v) is 15.1. The van der Waals surface area contributed by atoms with E-state index in [9.17, 15) is 9.90 Å². The second kappa shape index (κ2) is 10.6. The molecular weight excluding hydrogens is 308 g/mol. The van der Waals surface area contributed by atoms with Crippen LogP contribution in [0.25, 0.3) is 6.08 Å². The standard InChI is InChI=1S/C19H28O5/c1-5-6-7-8-9-10-24-19(21)14(2)11-15-12-16(22-3)18(20)17(13-15)23-4/h11-13,20H,5-10H2,1-4H3/b14-11+. The fraction of sp³-hybridized carbons (Fsp3) is 0.526. The van der Waals surface area contributed by atoms with Crippen LogP contribution in [0.5, 0.6) is 17.2 Å². The van der Waals surface area contributed by atoms with Crippen LogP contribution in [-0.2, 0) is 9.53 Å². The number of phenolic OH excluding ortho intramolecular Hbond substituents is 1. The molecule has 1 rings (SSSR count). The minimum atomic E-state index is -0.337. The number of esters is 1. The summed E-state index contributed by atoms with van der Waals surface area (Å²) in [5, 5.41) is 9.90. The van der Waals surface area contributed by atoms with Crippen LogP contribution in [0.4, 0.5) is 0 Å². The van der Waals surface area contributed by atoms with Crippen molar-refractivity contribution in [2.24, 2.45) is 0 Å². The minimum absolute atomic E-state index is 0.0653. The van der Waals surface area contributed by atoms with Crippen LogP contribution in [0.2, 0.25) is 0 Å². The quantitative estimate of drug-likeness (QED) is 0.391. The second-order valence-electron chi connectivity index (χ2n) is 5.65. The van der Waals surface area contributed by atoms with Gasteiger partial charge in [-0.1, -0.05) is 32.6 Å². The molecule has 5 nitrogen and oxygen atoms in total. The Morgan fingerprint density at radius 3 is 2.21 bits per heavy atom. The number of methoxy groups -OCH3 is 2. The molecule has 0 bridgehead atoms. The Kier molecular flexibility index (Phi) is 8.76. The number of ether oxygens (including phenoxy) is 3. The van der Waals surface area contributed by atoms with Crippen molar-refractivity contribution in [2.45, 2.75) is 46.0 Å². The lowest BCUT2D eigenvalue weighted by molar-refractivity contribution is -0.139. The van der Waals surface area contributed by atoms with Crippen LogP contribution >= 0.6 is 0 Å². The maximum atomic E-state index is 12.0. The Morgan fingerprint density at radius 2 is 1.67 bits per heavy atom. The molecule has 5 heteroatoms. The first-order chi connectivity index (χ1) is 11.5. The zero-order valence-electron chi connectivity index (χ0n) is 15.1. The molecule has 134 valence electrons. The second-order valence-corrected chi connectivity index (χ2v) is 5.65. The number of aromatic hydroxyl groups is 1. The highest BCUT2D eigenvalue weighted by molar-refractivity contribution is 5.93. The van der Waals surface area contributed by atoms with Gasteiger partial charge in [-0.05, 0) is 37.1 Å². The number of rotatable bonds is 10. The highest BCUT2D eigenvalue weighted by Crippen LogP contribution is 2.37. The zero-order chi connectivity index (χ0) is 17.9. The lowest BCUT2D eigenvalue weighted by Crippen LogP contribution is -2.07. The van der Waals surface area contributed by atoms with Gasteiger partial charge in [0.05, 0.1) is 20.8 Å². The first-order valence-electron chi connectivity index (χ1n) is 8.33. The molecular formula is C19H28O5. The molecule has 1 aromatic carbocycles. The lowest BCUT2D eigenvalue weighted by Gasteiger charge is -2.10. The van der Waals surface area contributed by atoms with Crippen molar-refractivity contribution in [3.8, 4) is 17.2 Å². The summed E-state index contributed by atoms with van der Waals surface area (Å²) in [6.45, 7) is 4.31. The van der Waals surface area contributed by atoms with E-state index in [0.717, 1.165) is 12.8 Å². The van der Waals surface area contributed by atoms with Gasteiger partial charge >= 0.3 is 5.97 Å². The van der Waals surface area contributed by atoms with Gasteiger partial charge in [0.15, 0.2) is 11.5 Å². The molecule has 0 saturated heterocycles. The van der Waals surface area contributed by atoms with Crippen molar-refractivity contribution in [3.63, 3.8) is 0 Å². The largest absolute Gasteiger partial charge is 0.502 e. The third-order valence-electron chi connectivity index (χ3n) is 3.69. The number of unbranched alkanes of at least 4 members (excludes halogenated alkanes) is 4. The number of benzene rings is 1. The molecule has 0 unspecified atom stereocenters. The number of hydrogen-bond acceptors (Lipinski definition) is 5. The average Bonchev–Trinajstić information content (AvgIpc) is 2.58. The molecule has 0 aliphatic heterocycles. The van der Waals surface area contributed by atoms with E-state index < -0.39 is 0 Å². The van der Waals surface area contributed by atoms with Gasteiger partial charge in [0.1, 0.15) is 0 Å².